The van der Waals surface area contributed by atoms with E-state index in [1.165, 1.54) is 18.1 Å². The molecule has 9 heteroatoms. The van der Waals surface area contributed by atoms with Gasteiger partial charge in [-0.1, -0.05) is 18.2 Å². The Hall–Kier alpha value is -3.98. The minimum Gasteiger partial charge on any atom is -0.493 e. The third-order valence-corrected chi connectivity index (χ3v) is 5.04. The highest BCUT2D eigenvalue weighted by Gasteiger charge is 2.34. The Morgan fingerprint density at radius 3 is 2.67 bits per heavy atom. The number of carboxylic acid groups (broad SMARTS) is 1. The van der Waals surface area contributed by atoms with E-state index in [9.17, 15) is 14.4 Å². The number of carboxylic acids is 1. The molecule has 0 saturated carbocycles. The predicted octanol–water partition coefficient (Wildman–Crippen LogP) is 3.03. The molecule has 2 amide bonds. The van der Waals surface area contributed by atoms with Gasteiger partial charge < -0.3 is 14.6 Å². The number of nitrogens with one attached hydrogen (secondary N) is 1. The number of benzene rings is 2. The molecule has 2 aromatic carbocycles. The van der Waals surface area contributed by atoms with Gasteiger partial charge in [-0.05, 0) is 67.0 Å². The Bertz CT molecular complexity index is 1190. The highest BCUT2D eigenvalue weighted by molar-refractivity contribution is 7.80. The molecule has 1 aliphatic rings. The first kappa shape index (κ1) is 23.7. The molecule has 1 heterocycles. The van der Waals surface area contributed by atoms with Crippen LogP contribution < -0.4 is 19.7 Å². The number of carbonyl (C=O) groups excluding carboxylic acids is 2. The van der Waals surface area contributed by atoms with Crippen LogP contribution in [0.4, 0.5) is 5.69 Å². The van der Waals surface area contributed by atoms with Gasteiger partial charge in [0.2, 0.25) is 0 Å². The van der Waals surface area contributed by atoms with E-state index in [0.717, 1.165) is 5.56 Å². The molecule has 0 radical (unpaired) electrons. The van der Waals surface area contributed by atoms with E-state index in [0.29, 0.717) is 23.2 Å². The maximum absolute atomic E-state index is 13.2. The van der Waals surface area contributed by atoms with Crippen LogP contribution in [0.25, 0.3) is 6.08 Å². The molecular weight excluding hydrogens is 444 g/mol. The van der Waals surface area contributed by atoms with Crippen molar-refractivity contribution in [3.05, 3.63) is 71.3 Å². The number of aliphatic carboxylic acids is 1. The van der Waals surface area contributed by atoms with Crippen LogP contribution in [-0.4, -0.2) is 41.7 Å². The Morgan fingerprint density at radius 1 is 1.27 bits per heavy atom. The number of thiocarbonyl (C=S) groups is 1. The van der Waals surface area contributed by atoms with E-state index in [1.54, 1.807) is 36.4 Å². The van der Waals surface area contributed by atoms with Crippen LogP contribution in [0, 0.1) is 6.92 Å². The molecule has 0 unspecified atom stereocenters. The van der Waals surface area contributed by atoms with Crippen LogP contribution in [-0.2, 0) is 20.8 Å². The summed E-state index contributed by atoms with van der Waals surface area (Å²) in [5.41, 5.74) is 2.43. The number of amides is 2. The highest BCUT2D eigenvalue weighted by Crippen LogP contribution is 2.35. The summed E-state index contributed by atoms with van der Waals surface area (Å²) in [4.78, 5) is 38.1. The number of hydrogen-bond donors (Lipinski definition) is 2. The minimum absolute atomic E-state index is 0.00454. The standard InChI is InChI=1S/C24H22N2O6S/c1-4-6-16-10-15(12-19(31-3)21(16)32-13-20(27)28)11-18-22(29)25-24(33)26(23(18)30)17-8-5-7-14(2)9-17/h4-5,7-12H,1,6,13H2,2-3H3,(H,27,28)(H,25,29,33)/b18-11+. The van der Waals surface area contributed by atoms with Crippen LogP contribution in [0.3, 0.4) is 0 Å². The topological polar surface area (TPSA) is 105 Å². The first-order chi connectivity index (χ1) is 15.7. The normalized spacial score (nSPS) is 14.8. The average Bonchev–Trinajstić information content (AvgIpc) is 2.75. The fourth-order valence-electron chi connectivity index (χ4n) is 3.35. The van der Waals surface area contributed by atoms with Gasteiger partial charge in [-0.25, -0.2) is 4.79 Å². The molecule has 33 heavy (non-hydrogen) atoms. The number of anilines is 1. The zero-order chi connectivity index (χ0) is 24.1. The van der Waals surface area contributed by atoms with Crippen LogP contribution in [0.5, 0.6) is 11.5 Å². The molecule has 3 rings (SSSR count). The van der Waals surface area contributed by atoms with Crippen molar-refractivity contribution in [2.24, 2.45) is 0 Å². The molecule has 0 bridgehead atoms. The van der Waals surface area contributed by atoms with Crippen LogP contribution >= 0.6 is 12.2 Å². The van der Waals surface area contributed by atoms with Crippen molar-refractivity contribution in [3.8, 4) is 11.5 Å². The molecule has 1 saturated heterocycles. The number of methoxy groups -OCH3 is 1. The summed E-state index contributed by atoms with van der Waals surface area (Å²) < 4.78 is 10.8. The lowest BCUT2D eigenvalue weighted by molar-refractivity contribution is -0.139. The Morgan fingerprint density at radius 2 is 2.03 bits per heavy atom. The maximum Gasteiger partial charge on any atom is 0.341 e. The van der Waals surface area contributed by atoms with Crippen molar-refractivity contribution in [3.63, 3.8) is 0 Å². The summed E-state index contributed by atoms with van der Waals surface area (Å²) in [7, 11) is 1.41. The zero-order valence-electron chi connectivity index (χ0n) is 18.1. The molecule has 2 N–H and O–H groups in total. The molecular formula is C24H22N2O6S. The van der Waals surface area contributed by atoms with E-state index in [2.05, 4.69) is 11.9 Å². The van der Waals surface area contributed by atoms with Gasteiger partial charge in [0.1, 0.15) is 5.57 Å². The van der Waals surface area contributed by atoms with Gasteiger partial charge in [-0.3, -0.25) is 19.8 Å². The van der Waals surface area contributed by atoms with E-state index < -0.39 is 24.4 Å². The number of aryl methyl sites for hydroxylation is 1. The molecule has 1 fully saturated rings. The number of carbonyl (C=O) groups is 3. The van der Waals surface area contributed by atoms with Crippen LogP contribution in [0.2, 0.25) is 0 Å². The third kappa shape index (κ3) is 5.27. The van der Waals surface area contributed by atoms with Crippen molar-refractivity contribution in [2.45, 2.75) is 13.3 Å². The van der Waals surface area contributed by atoms with Crippen molar-refractivity contribution in [2.75, 3.05) is 18.6 Å². The summed E-state index contributed by atoms with van der Waals surface area (Å²) in [6.45, 7) is 5.04. The monoisotopic (exact) mass is 466 g/mol. The predicted molar refractivity (Wildman–Crippen MR) is 127 cm³/mol. The Kier molecular flexibility index (Phi) is 7.24. The molecule has 0 aromatic heterocycles. The quantitative estimate of drug-likeness (QED) is 0.267. The molecule has 8 nitrogen and oxygen atoms in total. The molecule has 0 atom stereocenters. The van der Waals surface area contributed by atoms with Gasteiger partial charge in [0.25, 0.3) is 11.8 Å². The highest BCUT2D eigenvalue weighted by atomic mass is 32.1. The molecule has 170 valence electrons. The fraction of sp³-hybridized carbons (Fsp3) is 0.167. The second-order valence-corrected chi connectivity index (χ2v) is 7.57. The SMILES string of the molecule is C=CCc1cc(/C=C2\C(=O)NC(=S)N(c3cccc(C)c3)C2=O)cc(OC)c1OCC(=O)O. The first-order valence-electron chi connectivity index (χ1n) is 9.89. The molecule has 0 aliphatic carbocycles. The van der Waals surface area contributed by atoms with E-state index in [4.69, 9.17) is 26.8 Å². The summed E-state index contributed by atoms with van der Waals surface area (Å²) in [5, 5.41) is 11.5. The van der Waals surface area contributed by atoms with Gasteiger partial charge in [0.15, 0.2) is 23.2 Å². The van der Waals surface area contributed by atoms with Crippen molar-refractivity contribution in [1.29, 1.82) is 0 Å². The van der Waals surface area contributed by atoms with Gasteiger partial charge in [-0.2, -0.15) is 0 Å². The second-order valence-electron chi connectivity index (χ2n) is 7.18. The summed E-state index contributed by atoms with van der Waals surface area (Å²) in [6, 6.07) is 10.4. The summed E-state index contributed by atoms with van der Waals surface area (Å²) >= 11 is 5.24. The minimum atomic E-state index is -1.13. The van der Waals surface area contributed by atoms with Gasteiger partial charge in [0.05, 0.1) is 12.8 Å². The average molecular weight is 467 g/mol. The van der Waals surface area contributed by atoms with E-state index in [-0.39, 0.29) is 22.2 Å². The fourth-order valence-corrected chi connectivity index (χ4v) is 3.63. The van der Waals surface area contributed by atoms with Crippen molar-refractivity contribution in [1.82, 2.24) is 5.32 Å². The van der Waals surface area contributed by atoms with Crippen molar-refractivity contribution >= 4 is 46.9 Å². The van der Waals surface area contributed by atoms with E-state index >= 15 is 0 Å². The second kappa shape index (κ2) is 10.1. The number of hydrogen-bond acceptors (Lipinski definition) is 6. The summed E-state index contributed by atoms with van der Waals surface area (Å²) in [6.07, 6.45) is 3.40. The lowest BCUT2D eigenvalue weighted by atomic mass is 10.0. The van der Waals surface area contributed by atoms with Gasteiger partial charge in [0, 0.05) is 5.56 Å². The lowest BCUT2D eigenvalue weighted by Crippen LogP contribution is -2.54. The molecule has 1 aliphatic heterocycles. The van der Waals surface area contributed by atoms with Gasteiger partial charge >= 0.3 is 5.97 Å². The largest absolute Gasteiger partial charge is 0.493 e. The molecule has 0 spiro atoms. The Balaban J connectivity index is 2.06. The molecule has 2 aromatic rings. The Labute approximate surface area is 196 Å². The summed E-state index contributed by atoms with van der Waals surface area (Å²) in [5.74, 6) is -1.81. The third-order valence-electron chi connectivity index (χ3n) is 4.75. The first-order valence-corrected chi connectivity index (χ1v) is 10.3. The van der Waals surface area contributed by atoms with E-state index in [1.807, 2.05) is 13.0 Å². The van der Waals surface area contributed by atoms with Crippen LogP contribution in [0.15, 0.2) is 54.6 Å². The van der Waals surface area contributed by atoms with Crippen molar-refractivity contribution < 1.29 is 29.0 Å². The lowest BCUT2D eigenvalue weighted by Gasteiger charge is -2.29. The number of rotatable bonds is 8. The number of nitrogens with zero attached hydrogens (tertiary/aromatic N) is 1. The number of ether oxygens (including phenoxy) is 2. The zero-order valence-corrected chi connectivity index (χ0v) is 18.9. The smallest absolute Gasteiger partial charge is 0.341 e. The number of allylic oxidation sites excluding steroid dienone is 1. The van der Waals surface area contributed by atoms with Gasteiger partial charge in [-0.15, -0.1) is 6.58 Å². The maximum atomic E-state index is 13.2. The van der Waals surface area contributed by atoms with Crippen LogP contribution in [0.1, 0.15) is 16.7 Å².